The van der Waals surface area contributed by atoms with Gasteiger partial charge in [0.15, 0.2) is 0 Å². The molecule has 1 heterocycles. The number of rotatable bonds is 4. The zero-order valence-electron chi connectivity index (χ0n) is 12.1. The van der Waals surface area contributed by atoms with Crippen LogP contribution in [-0.4, -0.2) is 41.1 Å². The second kappa shape index (κ2) is 6.88. The van der Waals surface area contributed by atoms with Crippen molar-refractivity contribution < 1.29 is 24.0 Å². The predicted molar refractivity (Wildman–Crippen MR) is 75.0 cm³/mol. The molecular formula is C14H16N2O6. The van der Waals surface area contributed by atoms with Crippen molar-refractivity contribution in [3.8, 4) is 0 Å². The highest BCUT2D eigenvalue weighted by Crippen LogP contribution is 2.16. The molecule has 8 heteroatoms. The summed E-state index contributed by atoms with van der Waals surface area (Å²) in [6.45, 7) is 2.15. The van der Waals surface area contributed by atoms with Gasteiger partial charge in [-0.3, -0.25) is 14.9 Å². The molecule has 0 N–H and O–H groups in total. The van der Waals surface area contributed by atoms with Crippen molar-refractivity contribution in [2.45, 2.75) is 26.1 Å². The standard InChI is InChI=1S/C14H16N2O6/c1-10(17)22-13-6-7-15(8-13)14(18)21-9-11-2-4-12(5-3-11)16(19)20/h2-5,13H,6-9H2,1H3. The monoisotopic (exact) mass is 308 g/mol. The van der Waals surface area contributed by atoms with E-state index in [2.05, 4.69) is 0 Å². The Bertz CT molecular complexity index is 571. The van der Waals surface area contributed by atoms with Gasteiger partial charge in [0.2, 0.25) is 0 Å². The Balaban J connectivity index is 1.80. The van der Waals surface area contributed by atoms with Crippen molar-refractivity contribution in [3.05, 3.63) is 39.9 Å². The van der Waals surface area contributed by atoms with Gasteiger partial charge < -0.3 is 14.4 Å². The molecule has 1 fully saturated rings. The van der Waals surface area contributed by atoms with Crippen molar-refractivity contribution in [2.24, 2.45) is 0 Å². The van der Waals surface area contributed by atoms with Gasteiger partial charge in [-0.25, -0.2) is 4.79 Å². The topological polar surface area (TPSA) is 99.0 Å². The Labute approximate surface area is 126 Å². The maximum absolute atomic E-state index is 11.9. The molecule has 2 rings (SSSR count). The summed E-state index contributed by atoms with van der Waals surface area (Å²) in [5, 5.41) is 10.5. The minimum Gasteiger partial charge on any atom is -0.461 e. The number of likely N-dealkylation sites (tertiary alicyclic amines) is 1. The van der Waals surface area contributed by atoms with E-state index in [1.54, 1.807) is 0 Å². The van der Waals surface area contributed by atoms with E-state index < -0.39 is 11.0 Å². The van der Waals surface area contributed by atoms with Crippen molar-refractivity contribution in [2.75, 3.05) is 13.1 Å². The highest BCUT2D eigenvalue weighted by molar-refractivity contribution is 5.69. The maximum atomic E-state index is 11.9. The number of carbonyl (C=O) groups excluding carboxylic acids is 2. The second-order valence-electron chi connectivity index (χ2n) is 4.94. The molecule has 0 bridgehead atoms. The molecule has 22 heavy (non-hydrogen) atoms. The highest BCUT2D eigenvalue weighted by atomic mass is 16.6. The number of esters is 1. The van der Waals surface area contributed by atoms with Gasteiger partial charge in [0.25, 0.3) is 5.69 Å². The maximum Gasteiger partial charge on any atom is 0.410 e. The first-order chi connectivity index (χ1) is 10.5. The minimum absolute atomic E-state index is 0.0150. The molecule has 0 radical (unpaired) electrons. The van der Waals surface area contributed by atoms with E-state index in [1.807, 2.05) is 0 Å². The van der Waals surface area contributed by atoms with E-state index in [1.165, 1.54) is 36.1 Å². The first-order valence-corrected chi connectivity index (χ1v) is 6.78. The molecule has 1 aromatic carbocycles. The number of non-ortho nitro benzene ring substituents is 1. The van der Waals surface area contributed by atoms with Crippen LogP contribution in [0.4, 0.5) is 10.5 Å². The number of benzene rings is 1. The van der Waals surface area contributed by atoms with Crippen LogP contribution in [0.1, 0.15) is 18.9 Å². The summed E-state index contributed by atoms with van der Waals surface area (Å²) in [5.41, 5.74) is 0.647. The Morgan fingerprint density at radius 2 is 2.05 bits per heavy atom. The van der Waals surface area contributed by atoms with Crippen LogP contribution in [0.25, 0.3) is 0 Å². The molecule has 1 amide bonds. The van der Waals surface area contributed by atoms with E-state index >= 15 is 0 Å². The van der Waals surface area contributed by atoms with Gasteiger partial charge in [-0.1, -0.05) is 0 Å². The first kappa shape index (κ1) is 15.7. The molecular weight excluding hydrogens is 292 g/mol. The van der Waals surface area contributed by atoms with Gasteiger partial charge in [-0.2, -0.15) is 0 Å². The lowest BCUT2D eigenvalue weighted by Crippen LogP contribution is -2.31. The molecule has 1 atom stereocenters. The highest BCUT2D eigenvalue weighted by Gasteiger charge is 2.29. The van der Waals surface area contributed by atoms with Crippen molar-refractivity contribution in [3.63, 3.8) is 0 Å². The van der Waals surface area contributed by atoms with Gasteiger partial charge in [-0.15, -0.1) is 0 Å². The molecule has 0 spiro atoms. The lowest BCUT2D eigenvalue weighted by Gasteiger charge is -2.16. The molecule has 0 aromatic heterocycles. The first-order valence-electron chi connectivity index (χ1n) is 6.78. The fourth-order valence-electron chi connectivity index (χ4n) is 2.18. The molecule has 1 saturated heterocycles. The molecule has 0 aliphatic carbocycles. The van der Waals surface area contributed by atoms with Crippen molar-refractivity contribution in [1.82, 2.24) is 4.90 Å². The molecule has 1 aliphatic heterocycles. The molecule has 8 nitrogen and oxygen atoms in total. The van der Waals surface area contributed by atoms with Gasteiger partial charge in [0.05, 0.1) is 11.5 Å². The summed E-state index contributed by atoms with van der Waals surface area (Å²) < 4.78 is 10.2. The van der Waals surface area contributed by atoms with Crippen LogP contribution in [0.5, 0.6) is 0 Å². The number of ether oxygens (including phenoxy) is 2. The number of nitro groups is 1. The quantitative estimate of drug-likeness (QED) is 0.478. The van der Waals surface area contributed by atoms with Crippen molar-refractivity contribution in [1.29, 1.82) is 0 Å². The number of hydrogen-bond acceptors (Lipinski definition) is 6. The van der Waals surface area contributed by atoms with Crippen LogP contribution in [-0.2, 0) is 20.9 Å². The summed E-state index contributed by atoms with van der Waals surface area (Å²) >= 11 is 0. The summed E-state index contributed by atoms with van der Waals surface area (Å²) in [4.78, 5) is 34.3. The smallest absolute Gasteiger partial charge is 0.410 e. The summed E-state index contributed by atoms with van der Waals surface area (Å²) in [6.07, 6.45) is -0.191. The summed E-state index contributed by atoms with van der Waals surface area (Å²) in [5.74, 6) is -0.369. The van der Waals surface area contributed by atoms with Crippen LogP contribution in [0.2, 0.25) is 0 Å². The number of nitro benzene ring substituents is 1. The zero-order valence-corrected chi connectivity index (χ0v) is 12.1. The van der Waals surface area contributed by atoms with E-state index in [9.17, 15) is 19.7 Å². The third-order valence-corrected chi connectivity index (χ3v) is 3.25. The zero-order chi connectivity index (χ0) is 16.1. The predicted octanol–water partition coefficient (Wildman–Crippen LogP) is 1.87. The van der Waals surface area contributed by atoms with Gasteiger partial charge in [0, 0.05) is 32.0 Å². The fraction of sp³-hybridized carbons (Fsp3) is 0.429. The van der Waals surface area contributed by atoms with Crippen LogP contribution in [0.15, 0.2) is 24.3 Å². The fourth-order valence-corrected chi connectivity index (χ4v) is 2.18. The Morgan fingerprint density at radius 1 is 1.36 bits per heavy atom. The third-order valence-electron chi connectivity index (χ3n) is 3.25. The lowest BCUT2D eigenvalue weighted by molar-refractivity contribution is -0.384. The summed E-state index contributed by atoms with van der Waals surface area (Å²) in [6, 6.07) is 5.79. The lowest BCUT2D eigenvalue weighted by atomic mass is 10.2. The number of amides is 1. The second-order valence-corrected chi connectivity index (χ2v) is 4.94. The third kappa shape index (κ3) is 4.18. The largest absolute Gasteiger partial charge is 0.461 e. The van der Waals surface area contributed by atoms with Crippen LogP contribution in [0.3, 0.4) is 0 Å². The van der Waals surface area contributed by atoms with E-state index in [0.29, 0.717) is 25.1 Å². The molecule has 0 saturated carbocycles. The van der Waals surface area contributed by atoms with Crippen LogP contribution >= 0.6 is 0 Å². The van der Waals surface area contributed by atoms with Crippen LogP contribution < -0.4 is 0 Å². The SMILES string of the molecule is CC(=O)OC1CCN(C(=O)OCc2ccc([N+](=O)[O-])cc2)C1. The average molecular weight is 308 g/mol. The van der Waals surface area contributed by atoms with Gasteiger partial charge >= 0.3 is 12.1 Å². The van der Waals surface area contributed by atoms with E-state index in [0.717, 1.165) is 0 Å². The van der Waals surface area contributed by atoms with E-state index in [4.69, 9.17) is 9.47 Å². The molecule has 1 aliphatic rings. The Kier molecular flexibility index (Phi) is 4.92. The van der Waals surface area contributed by atoms with E-state index in [-0.39, 0.29) is 24.4 Å². The number of hydrogen-bond donors (Lipinski definition) is 0. The summed E-state index contributed by atoms with van der Waals surface area (Å²) in [7, 11) is 0. The molecule has 1 aromatic rings. The average Bonchev–Trinajstić information content (AvgIpc) is 2.93. The minimum atomic E-state index is -0.493. The van der Waals surface area contributed by atoms with Crippen LogP contribution in [0, 0.1) is 10.1 Å². The normalized spacial score (nSPS) is 17.1. The van der Waals surface area contributed by atoms with Gasteiger partial charge in [-0.05, 0) is 17.7 Å². The number of carbonyl (C=O) groups is 2. The molecule has 118 valence electrons. The van der Waals surface area contributed by atoms with Gasteiger partial charge in [0.1, 0.15) is 12.7 Å². The number of nitrogens with zero attached hydrogens (tertiary/aromatic N) is 2. The van der Waals surface area contributed by atoms with Crippen molar-refractivity contribution >= 4 is 17.7 Å². The Morgan fingerprint density at radius 3 is 2.64 bits per heavy atom. The Hall–Kier alpha value is -2.64. The molecule has 1 unspecified atom stereocenters.